The zero-order valence-corrected chi connectivity index (χ0v) is 15.7. The molecule has 0 radical (unpaired) electrons. The molecule has 0 amide bonds. The van der Waals surface area contributed by atoms with E-state index >= 15 is 0 Å². The van der Waals surface area contributed by atoms with Crippen LogP contribution in [0.2, 0.25) is 0 Å². The summed E-state index contributed by atoms with van der Waals surface area (Å²) >= 11 is 0. The predicted molar refractivity (Wildman–Crippen MR) is 102 cm³/mol. The van der Waals surface area contributed by atoms with Gasteiger partial charge in [-0.3, -0.25) is 4.57 Å². The molecule has 4 heterocycles. The molecule has 27 heavy (non-hydrogen) atoms. The summed E-state index contributed by atoms with van der Waals surface area (Å²) in [5, 5.41) is 13.4. The lowest BCUT2D eigenvalue weighted by Gasteiger charge is -2.31. The van der Waals surface area contributed by atoms with Crippen molar-refractivity contribution in [2.45, 2.75) is 25.3 Å². The fraction of sp³-hybridized carbons (Fsp3) is 0.500. The molecule has 0 aromatic carbocycles. The van der Waals surface area contributed by atoms with Crippen LogP contribution in [0.4, 0.5) is 5.82 Å². The van der Waals surface area contributed by atoms with E-state index in [0.717, 1.165) is 49.8 Å². The fourth-order valence-electron chi connectivity index (χ4n) is 3.51. The molecule has 1 aliphatic heterocycles. The average molecular weight is 368 g/mol. The molecule has 0 N–H and O–H groups in total. The number of aromatic nitrogens is 6. The first-order valence-electron chi connectivity index (χ1n) is 9.25. The Morgan fingerprint density at radius 3 is 2.70 bits per heavy atom. The minimum Gasteiger partial charge on any atom is -0.361 e. The molecule has 3 aromatic rings. The SMILES string of the molecule is CN(C)c1ccc2nnc(C3CCN(CCn4cccnc4=O)CC3)n2n1. The van der Waals surface area contributed by atoms with E-state index in [1.165, 1.54) is 6.20 Å². The van der Waals surface area contributed by atoms with Gasteiger partial charge in [-0.2, -0.15) is 4.52 Å². The first kappa shape index (κ1) is 17.6. The van der Waals surface area contributed by atoms with Crippen LogP contribution >= 0.6 is 0 Å². The van der Waals surface area contributed by atoms with Gasteiger partial charge in [0.25, 0.3) is 0 Å². The second-order valence-corrected chi connectivity index (χ2v) is 7.13. The van der Waals surface area contributed by atoms with Crippen molar-refractivity contribution in [3.8, 4) is 0 Å². The van der Waals surface area contributed by atoms with Gasteiger partial charge < -0.3 is 9.80 Å². The van der Waals surface area contributed by atoms with Crippen molar-refractivity contribution in [2.75, 3.05) is 38.6 Å². The lowest BCUT2D eigenvalue weighted by atomic mass is 9.96. The average Bonchev–Trinajstić information content (AvgIpc) is 3.11. The Kier molecular flexibility index (Phi) is 4.85. The normalized spacial score (nSPS) is 16.1. The molecular formula is C18H24N8O. The minimum atomic E-state index is -0.190. The molecule has 0 aliphatic carbocycles. The molecule has 142 valence electrons. The summed E-state index contributed by atoms with van der Waals surface area (Å²) in [5.74, 6) is 2.18. The molecule has 3 aromatic heterocycles. The Balaban J connectivity index is 1.40. The molecule has 0 bridgehead atoms. The van der Waals surface area contributed by atoms with Gasteiger partial charge in [-0.15, -0.1) is 15.3 Å². The van der Waals surface area contributed by atoms with Crippen LogP contribution in [0.5, 0.6) is 0 Å². The second-order valence-electron chi connectivity index (χ2n) is 7.13. The highest BCUT2D eigenvalue weighted by molar-refractivity contribution is 5.45. The molecule has 9 heteroatoms. The van der Waals surface area contributed by atoms with Crippen LogP contribution < -0.4 is 10.6 Å². The number of fused-ring (bicyclic) bond motifs is 1. The van der Waals surface area contributed by atoms with E-state index in [1.807, 2.05) is 35.6 Å². The van der Waals surface area contributed by atoms with Crippen molar-refractivity contribution < 1.29 is 0 Å². The highest BCUT2D eigenvalue weighted by Gasteiger charge is 2.25. The summed E-state index contributed by atoms with van der Waals surface area (Å²) in [4.78, 5) is 19.9. The monoisotopic (exact) mass is 368 g/mol. The molecule has 1 saturated heterocycles. The van der Waals surface area contributed by atoms with Crippen molar-refractivity contribution in [1.82, 2.24) is 34.3 Å². The van der Waals surface area contributed by atoms with Crippen molar-refractivity contribution >= 4 is 11.5 Å². The molecule has 0 saturated carbocycles. The van der Waals surface area contributed by atoms with Gasteiger partial charge in [-0.1, -0.05) is 0 Å². The van der Waals surface area contributed by atoms with Crippen molar-refractivity contribution in [2.24, 2.45) is 0 Å². The lowest BCUT2D eigenvalue weighted by Crippen LogP contribution is -2.37. The van der Waals surface area contributed by atoms with Gasteiger partial charge in [0.1, 0.15) is 5.82 Å². The summed E-state index contributed by atoms with van der Waals surface area (Å²) in [7, 11) is 3.95. The second kappa shape index (κ2) is 7.43. The minimum absolute atomic E-state index is 0.190. The largest absolute Gasteiger partial charge is 0.361 e. The third kappa shape index (κ3) is 3.68. The topological polar surface area (TPSA) is 84.5 Å². The summed E-state index contributed by atoms with van der Waals surface area (Å²) in [5.41, 5.74) is 0.596. The van der Waals surface area contributed by atoms with Gasteiger partial charge in [0.15, 0.2) is 11.5 Å². The number of hydrogen-bond donors (Lipinski definition) is 0. The summed E-state index contributed by atoms with van der Waals surface area (Å²) < 4.78 is 3.54. The van der Waals surface area contributed by atoms with Crippen LogP contribution in [-0.2, 0) is 6.54 Å². The van der Waals surface area contributed by atoms with Crippen molar-refractivity contribution in [3.63, 3.8) is 0 Å². The number of anilines is 1. The maximum atomic E-state index is 11.7. The Hall–Kier alpha value is -2.81. The van der Waals surface area contributed by atoms with E-state index in [4.69, 9.17) is 0 Å². The van der Waals surface area contributed by atoms with Gasteiger partial charge >= 0.3 is 5.69 Å². The van der Waals surface area contributed by atoms with E-state index in [1.54, 1.807) is 16.8 Å². The summed E-state index contributed by atoms with van der Waals surface area (Å²) in [6, 6.07) is 5.70. The van der Waals surface area contributed by atoms with E-state index in [9.17, 15) is 4.79 Å². The third-order valence-corrected chi connectivity index (χ3v) is 5.12. The van der Waals surface area contributed by atoms with Gasteiger partial charge in [-0.25, -0.2) is 9.78 Å². The third-order valence-electron chi connectivity index (χ3n) is 5.12. The zero-order valence-electron chi connectivity index (χ0n) is 15.7. The van der Waals surface area contributed by atoms with Gasteiger partial charge in [0.05, 0.1) is 0 Å². The number of piperidine rings is 1. The maximum Gasteiger partial charge on any atom is 0.347 e. The Bertz CT molecular complexity index is 971. The molecule has 0 spiro atoms. The highest BCUT2D eigenvalue weighted by Crippen LogP contribution is 2.27. The van der Waals surface area contributed by atoms with Gasteiger partial charge in [0.2, 0.25) is 0 Å². The van der Waals surface area contributed by atoms with E-state index in [0.29, 0.717) is 12.5 Å². The van der Waals surface area contributed by atoms with Crippen LogP contribution in [0.3, 0.4) is 0 Å². The highest BCUT2D eigenvalue weighted by atomic mass is 16.1. The first-order chi connectivity index (χ1) is 13.1. The summed E-state index contributed by atoms with van der Waals surface area (Å²) in [6.07, 6.45) is 5.34. The molecule has 1 aliphatic rings. The molecule has 0 atom stereocenters. The van der Waals surface area contributed by atoms with Crippen molar-refractivity contribution in [3.05, 3.63) is 46.9 Å². The van der Waals surface area contributed by atoms with E-state index in [-0.39, 0.29) is 5.69 Å². The van der Waals surface area contributed by atoms with Crippen LogP contribution in [-0.4, -0.2) is 68.0 Å². The molecular weight excluding hydrogens is 344 g/mol. The Morgan fingerprint density at radius 2 is 1.96 bits per heavy atom. The van der Waals surface area contributed by atoms with Crippen LogP contribution in [0.15, 0.2) is 35.4 Å². The standard InChI is InChI=1S/C18H24N8O/c1-23(2)16-5-4-15-20-21-17(26(15)22-16)14-6-10-24(11-7-14)12-13-25-9-3-8-19-18(25)27/h3-5,8-9,14H,6-7,10-13H2,1-2H3. The van der Waals surface area contributed by atoms with E-state index < -0.39 is 0 Å². The van der Waals surface area contributed by atoms with Crippen LogP contribution in [0.25, 0.3) is 5.65 Å². The number of rotatable bonds is 5. The van der Waals surface area contributed by atoms with E-state index in [2.05, 4.69) is 25.2 Å². The molecule has 4 rings (SSSR count). The van der Waals surface area contributed by atoms with Gasteiger partial charge in [0, 0.05) is 45.5 Å². The first-order valence-corrected chi connectivity index (χ1v) is 9.25. The Labute approximate surface area is 157 Å². The summed E-state index contributed by atoms with van der Waals surface area (Å²) in [6.45, 7) is 3.46. The zero-order chi connectivity index (χ0) is 18.8. The molecule has 1 fully saturated rings. The quantitative estimate of drug-likeness (QED) is 0.653. The predicted octanol–water partition coefficient (Wildman–Crippen LogP) is 0.627. The van der Waals surface area contributed by atoms with Crippen molar-refractivity contribution in [1.29, 1.82) is 0 Å². The lowest BCUT2D eigenvalue weighted by molar-refractivity contribution is 0.200. The maximum absolute atomic E-state index is 11.7. The molecule has 0 unspecified atom stereocenters. The number of nitrogens with zero attached hydrogens (tertiary/aromatic N) is 8. The smallest absolute Gasteiger partial charge is 0.347 e. The van der Waals surface area contributed by atoms with Crippen LogP contribution in [0, 0.1) is 0 Å². The van der Waals surface area contributed by atoms with Crippen LogP contribution in [0.1, 0.15) is 24.6 Å². The molecule has 9 nitrogen and oxygen atoms in total. The van der Waals surface area contributed by atoms with Gasteiger partial charge in [-0.05, 0) is 44.1 Å². The fourth-order valence-corrected chi connectivity index (χ4v) is 3.51. The Morgan fingerprint density at radius 1 is 1.15 bits per heavy atom. The number of hydrogen-bond acceptors (Lipinski definition) is 7. The number of likely N-dealkylation sites (tertiary alicyclic amines) is 1.